The van der Waals surface area contributed by atoms with E-state index in [9.17, 15) is 4.39 Å². The highest BCUT2D eigenvalue weighted by Crippen LogP contribution is 2.25. The minimum Gasteiger partial charge on any atom is -0.381 e. The Kier molecular flexibility index (Phi) is 6.60. The molecule has 1 saturated heterocycles. The van der Waals surface area contributed by atoms with Gasteiger partial charge in [-0.05, 0) is 68.0 Å². The van der Waals surface area contributed by atoms with Gasteiger partial charge in [0.05, 0.1) is 6.10 Å². The van der Waals surface area contributed by atoms with Gasteiger partial charge in [0.25, 0.3) is 0 Å². The van der Waals surface area contributed by atoms with E-state index in [2.05, 4.69) is 35.2 Å². The first kappa shape index (κ1) is 18.1. The minimum atomic E-state index is -0.159. The quantitative estimate of drug-likeness (QED) is 0.743. The predicted molar refractivity (Wildman–Crippen MR) is 100 cm³/mol. The molecule has 1 fully saturated rings. The fourth-order valence-corrected chi connectivity index (χ4v) is 3.78. The van der Waals surface area contributed by atoms with Crippen molar-refractivity contribution in [3.8, 4) is 0 Å². The Bertz CT molecular complexity index is 620. The van der Waals surface area contributed by atoms with E-state index in [4.69, 9.17) is 4.74 Å². The topological polar surface area (TPSA) is 12.5 Å². The average Bonchev–Trinajstić information content (AvgIpc) is 2.67. The lowest BCUT2D eigenvalue weighted by Gasteiger charge is -2.35. The van der Waals surface area contributed by atoms with Crippen LogP contribution >= 0.6 is 0 Å². The van der Waals surface area contributed by atoms with Gasteiger partial charge in [0.2, 0.25) is 0 Å². The first-order valence-electron chi connectivity index (χ1n) is 9.28. The summed E-state index contributed by atoms with van der Waals surface area (Å²) in [5.74, 6) is 0.473. The lowest BCUT2D eigenvalue weighted by molar-refractivity contribution is 0.0221. The summed E-state index contributed by atoms with van der Waals surface area (Å²) in [5, 5.41) is 0. The zero-order chi connectivity index (χ0) is 17.5. The number of benzene rings is 2. The van der Waals surface area contributed by atoms with Crippen molar-refractivity contribution in [3.63, 3.8) is 0 Å². The molecule has 2 aromatic rings. The van der Waals surface area contributed by atoms with E-state index < -0.39 is 0 Å². The van der Waals surface area contributed by atoms with Crippen LogP contribution in [-0.2, 0) is 17.6 Å². The molecule has 1 unspecified atom stereocenters. The molecule has 25 heavy (non-hydrogen) atoms. The van der Waals surface area contributed by atoms with Crippen LogP contribution in [0.1, 0.15) is 24.0 Å². The van der Waals surface area contributed by atoms with Crippen LogP contribution in [0.5, 0.6) is 0 Å². The Morgan fingerprint density at radius 2 is 1.68 bits per heavy atom. The maximum atomic E-state index is 13.0. The van der Waals surface area contributed by atoms with Crippen LogP contribution in [0.25, 0.3) is 0 Å². The Hall–Kier alpha value is -1.71. The highest BCUT2D eigenvalue weighted by atomic mass is 19.1. The summed E-state index contributed by atoms with van der Waals surface area (Å²) >= 11 is 0. The van der Waals surface area contributed by atoms with Gasteiger partial charge < -0.3 is 9.64 Å². The van der Waals surface area contributed by atoms with Crippen LogP contribution in [0.4, 0.5) is 4.39 Å². The molecule has 2 aromatic carbocycles. The highest BCUT2D eigenvalue weighted by Gasteiger charge is 2.26. The second-order valence-electron chi connectivity index (χ2n) is 7.02. The molecule has 0 N–H and O–H groups in total. The number of piperidine rings is 1. The van der Waals surface area contributed by atoms with Crippen molar-refractivity contribution in [2.75, 3.05) is 26.7 Å². The summed E-state index contributed by atoms with van der Waals surface area (Å²) < 4.78 is 18.8. The van der Waals surface area contributed by atoms with Crippen LogP contribution in [0.3, 0.4) is 0 Å². The zero-order valence-corrected chi connectivity index (χ0v) is 15.0. The van der Waals surface area contributed by atoms with E-state index in [1.807, 2.05) is 19.2 Å². The molecule has 0 radical (unpaired) electrons. The molecule has 134 valence electrons. The smallest absolute Gasteiger partial charge is 0.123 e. The molecular formula is C22H28FNO. The van der Waals surface area contributed by atoms with Crippen LogP contribution in [0.2, 0.25) is 0 Å². The van der Waals surface area contributed by atoms with Gasteiger partial charge in [0, 0.05) is 13.7 Å². The van der Waals surface area contributed by atoms with Gasteiger partial charge in [-0.3, -0.25) is 0 Å². The summed E-state index contributed by atoms with van der Waals surface area (Å²) in [6, 6.07) is 17.5. The summed E-state index contributed by atoms with van der Waals surface area (Å²) in [4.78, 5) is 2.52. The molecule has 0 aromatic heterocycles. The van der Waals surface area contributed by atoms with E-state index in [0.29, 0.717) is 12.0 Å². The number of rotatable bonds is 7. The van der Waals surface area contributed by atoms with Crippen molar-refractivity contribution in [1.82, 2.24) is 4.90 Å². The summed E-state index contributed by atoms with van der Waals surface area (Å²) in [7, 11) is 1.84. The summed E-state index contributed by atoms with van der Waals surface area (Å²) in [5.41, 5.74) is 2.57. The van der Waals surface area contributed by atoms with E-state index in [1.165, 1.54) is 24.0 Å². The number of halogens is 1. The number of ether oxygens (including phenoxy) is 1. The molecule has 1 aliphatic rings. The normalized spacial score (nSPS) is 17.5. The number of likely N-dealkylation sites (tertiary alicyclic amines) is 1. The maximum absolute atomic E-state index is 13.0. The van der Waals surface area contributed by atoms with E-state index >= 15 is 0 Å². The first-order valence-corrected chi connectivity index (χ1v) is 9.28. The van der Waals surface area contributed by atoms with Crippen molar-refractivity contribution in [1.29, 1.82) is 0 Å². The molecule has 2 nitrogen and oxygen atoms in total. The fourth-order valence-electron chi connectivity index (χ4n) is 3.78. The van der Waals surface area contributed by atoms with E-state index in [1.54, 1.807) is 12.1 Å². The maximum Gasteiger partial charge on any atom is 0.123 e. The average molecular weight is 341 g/mol. The van der Waals surface area contributed by atoms with Crippen molar-refractivity contribution < 1.29 is 9.13 Å². The summed E-state index contributed by atoms with van der Waals surface area (Å²) in [6.07, 6.45) is 4.67. The molecule has 3 heteroatoms. The van der Waals surface area contributed by atoms with Crippen molar-refractivity contribution in [3.05, 3.63) is 71.5 Å². The van der Waals surface area contributed by atoms with Crippen LogP contribution in [-0.4, -0.2) is 37.7 Å². The minimum absolute atomic E-state index is 0.159. The van der Waals surface area contributed by atoms with Crippen LogP contribution in [0.15, 0.2) is 54.6 Å². The van der Waals surface area contributed by atoms with Crippen LogP contribution < -0.4 is 0 Å². The third-order valence-electron chi connectivity index (χ3n) is 5.37. The lowest BCUT2D eigenvalue weighted by Crippen LogP contribution is -2.39. The molecule has 0 bridgehead atoms. The number of methoxy groups -OCH3 is 1. The Labute approximate surface area is 150 Å². The SMILES string of the molecule is COC(Cc1ccccc1)C1CCN(CCc2ccc(F)cc2)CC1. The number of nitrogens with zero attached hydrogens (tertiary/aromatic N) is 1. The molecule has 1 aliphatic heterocycles. The van der Waals surface area contributed by atoms with Crippen molar-refractivity contribution in [2.45, 2.75) is 31.8 Å². The Balaban J connectivity index is 1.44. The van der Waals surface area contributed by atoms with Gasteiger partial charge in [-0.1, -0.05) is 42.5 Å². The zero-order valence-electron chi connectivity index (χ0n) is 15.0. The molecule has 3 rings (SSSR count). The third kappa shape index (κ3) is 5.38. The lowest BCUT2D eigenvalue weighted by atomic mass is 9.87. The standard InChI is InChI=1S/C22H28FNO/c1-25-22(17-19-5-3-2-4-6-19)20-12-15-24(16-13-20)14-11-18-7-9-21(23)10-8-18/h2-10,20,22H,11-17H2,1H3. The molecule has 0 amide bonds. The predicted octanol–water partition coefficient (Wildman–Crippen LogP) is 4.34. The van der Waals surface area contributed by atoms with Crippen molar-refractivity contribution in [2.24, 2.45) is 5.92 Å². The number of hydrogen-bond acceptors (Lipinski definition) is 2. The largest absolute Gasteiger partial charge is 0.381 e. The second-order valence-corrected chi connectivity index (χ2v) is 7.02. The molecule has 1 atom stereocenters. The van der Waals surface area contributed by atoms with E-state index in [-0.39, 0.29) is 5.82 Å². The monoisotopic (exact) mass is 341 g/mol. The van der Waals surface area contributed by atoms with Gasteiger partial charge in [-0.2, -0.15) is 0 Å². The Morgan fingerprint density at radius 3 is 2.32 bits per heavy atom. The van der Waals surface area contributed by atoms with E-state index in [0.717, 1.165) is 32.5 Å². The molecule has 0 aliphatic carbocycles. The molecular weight excluding hydrogens is 313 g/mol. The van der Waals surface area contributed by atoms with Crippen LogP contribution in [0, 0.1) is 11.7 Å². The highest BCUT2D eigenvalue weighted by molar-refractivity contribution is 5.17. The third-order valence-corrected chi connectivity index (χ3v) is 5.37. The van der Waals surface area contributed by atoms with Gasteiger partial charge >= 0.3 is 0 Å². The Morgan fingerprint density at radius 1 is 1.00 bits per heavy atom. The van der Waals surface area contributed by atoms with Crippen molar-refractivity contribution >= 4 is 0 Å². The fraction of sp³-hybridized carbons (Fsp3) is 0.455. The van der Waals surface area contributed by atoms with Gasteiger partial charge in [-0.25, -0.2) is 4.39 Å². The number of hydrogen-bond donors (Lipinski definition) is 0. The second kappa shape index (κ2) is 9.12. The van der Waals surface area contributed by atoms with Gasteiger partial charge in [0.15, 0.2) is 0 Å². The molecule has 1 heterocycles. The summed E-state index contributed by atoms with van der Waals surface area (Å²) in [6.45, 7) is 3.30. The molecule has 0 saturated carbocycles. The van der Waals surface area contributed by atoms with Gasteiger partial charge in [0.1, 0.15) is 5.82 Å². The molecule has 0 spiro atoms. The van der Waals surface area contributed by atoms with Gasteiger partial charge in [-0.15, -0.1) is 0 Å². The first-order chi connectivity index (χ1) is 12.2.